The van der Waals surface area contributed by atoms with Crippen LogP contribution in [0.25, 0.3) is 0 Å². The number of aryl methyl sites for hydroxylation is 1. The van der Waals surface area contributed by atoms with E-state index in [-0.39, 0.29) is 17.6 Å². The molecule has 0 saturated heterocycles. The first kappa shape index (κ1) is 25.6. The van der Waals surface area contributed by atoms with Crippen molar-refractivity contribution in [3.05, 3.63) is 103 Å². The van der Waals surface area contributed by atoms with Crippen molar-refractivity contribution in [2.75, 3.05) is 16.4 Å². The number of nitrogens with zero attached hydrogens (tertiary/aromatic N) is 1. The molecule has 1 aromatic heterocycles. The number of allylic oxidation sites excluding steroid dienone is 2. The van der Waals surface area contributed by atoms with Crippen LogP contribution in [0, 0.1) is 18.3 Å². The van der Waals surface area contributed by atoms with E-state index in [1.807, 2.05) is 48.0 Å². The van der Waals surface area contributed by atoms with E-state index in [1.165, 1.54) is 23.1 Å². The lowest BCUT2D eigenvalue weighted by Crippen LogP contribution is -2.31. The van der Waals surface area contributed by atoms with Gasteiger partial charge in [-0.15, -0.1) is 0 Å². The smallest absolute Gasteiger partial charge is 0.254 e. The summed E-state index contributed by atoms with van der Waals surface area (Å²) >= 11 is 8.70. The van der Waals surface area contributed by atoms with Gasteiger partial charge in [-0.25, -0.2) is 0 Å². The zero-order valence-electron chi connectivity index (χ0n) is 19.6. The first-order chi connectivity index (χ1) is 17.4. The van der Waals surface area contributed by atoms with Crippen LogP contribution in [0.2, 0.25) is 5.02 Å². The number of carbonyl (C=O) groups is 2. The molecule has 6 nitrogen and oxygen atoms in total. The molecular weight excluding hydrogens is 512 g/mol. The SMILES string of the molecule is CC1=C(C(=O)Nc2ccc(Cl)cc2)C(c2ccsc2)C(C#N)=C(SCC(=O)Nc2cccc(C)c2)N1. The second kappa shape index (κ2) is 11.5. The minimum Gasteiger partial charge on any atom is -0.353 e. The largest absolute Gasteiger partial charge is 0.353 e. The van der Waals surface area contributed by atoms with E-state index >= 15 is 0 Å². The molecule has 0 radical (unpaired) electrons. The molecule has 4 rings (SSSR count). The van der Waals surface area contributed by atoms with Crippen LogP contribution in [0.3, 0.4) is 0 Å². The Hall–Kier alpha value is -3.51. The van der Waals surface area contributed by atoms with E-state index < -0.39 is 5.92 Å². The van der Waals surface area contributed by atoms with E-state index in [1.54, 1.807) is 31.2 Å². The van der Waals surface area contributed by atoms with E-state index in [4.69, 9.17) is 11.6 Å². The fraction of sp³-hybridized carbons (Fsp3) is 0.148. The number of hydrogen-bond donors (Lipinski definition) is 3. The zero-order valence-corrected chi connectivity index (χ0v) is 22.0. The number of carbonyl (C=O) groups excluding carboxylic acids is 2. The predicted molar refractivity (Wildman–Crippen MR) is 148 cm³/mol. The van der Waals surface area contributed by atoms with Crippen molar-refractivity contribution in [2.24, 2.45) is 0 Å². The molecule has 1 unspecified atom stereocenters. The van der Waals surface area contributed by atoms with Gasteiger partial charge in [-0.2, -0.15) is 16.6 Å². The maximum atomic E-state index is 13.4. The average Bonchev–Trinajstić information content (AvgIpc) is 3.38. The van der Waals surface area contributed by atoms with Crippen LogP contribution in [-0.4, -0.2) is 17.6 Å². The number of benzene rings is 2. The van der Waals surface area contributed by atoms with E-state index in [0.29, 0.717) is 32.6 Å². The zero-order chi connectivity index (χ0) is 25.7. The molecule has 0 spiro atoms. The number of thioether (sulfide) groups is 1. The molecule has 2 aromatic carbocycles. The summed E-state index contributed by atoms with van der Waals surface area (Å²) in [5.74, 6) is -0.945. The van der Waals surface area contributed by atoms with Crippen LogP contribution in [0.4, 0.5) is 11.4 Å². The topological polar surface area (TPSA) is 94.0 Å². The average molecular weight is 535 g/mol. The molecule has 0 fully saturated rings. The summed E-state index contributed by atoms with van der Waals surface area (Å²) in [6.07, 6.45) is 0. The van der Waals surface area contributed by atoms with Crippen molar-refractivity contribution in [3.8, 4) is 6.07 Å². The van der Waals surface area contributed by atoms with Gasteiger partial charge >= 0.3 is 0 Å². The molecule has 2 amide bonds. The number of rotatable bonds is 7. The van der Waals surface area contributed by atoms with Crippen molar-refractivity contribution < 1.29 is 9.59 Å². The Kier molecular flexibility index (Phi) is 8.16. The van der Waals surface area contributed by atoms with Crippen molar-refractivity contribution in [1.29, 1.82) is 5.26 Å². The molecule has 2 heterocycles. The number of halogens is 1. The Labute approximate surface area is 223 Å². The van der Waals surface area contributed by atoms with Crippen molar-refractivity contribution in [3.63, 3.8) is 0 Å². The second-order valence-electron chi connectivity index (χ2n) is 8.18. The minimum atomic E-state index is -0.558. The molecule has 36 heavy (non-hydrogen) atoms. The molecule has 9 heteroatoms. The van der Waals surface area contributed by atoms with Gasteiger partial charge in [0.25, 0.3) is 5.91 Å². The van der Waals surface area contributed by atoms with Gasteiger partial charge in [0, 0.05) is 27.7 Å². The lowest BCUT2D eigenvalue weighted by atomic mass is 9.83. The van der Waals surface area contributed by atoms with E-state index in [0.717, 1.165) is 16.8 Å². The molecule has 1 aliphatic rings. The second-order valence-corrected chi connectivity index (χ2v) is 10.4. The highest BCUT2D eigenvalue weighted by atomic mass is 35.5. The van der Waals surface area contributed by atoms with Crippen LogP contribution in [-0.2, 0) is 9.59 Å². The van der Waals surface area contributed by atoms with Gasteiger partial charge in [0.1, 0.15) is 0 Å². The minimum absolute atomic E-state index is 0.109. The van der Waals surface area contributed by atoms with Gasteiger partial charge in [0.05, 0.1) is 28.3 Å². The summed E-state index contributed by atoms with van der Waals surface area (Å²) in [6.45, 7) is 3.76. The van der Waals surface area contributed by atoms with E-state index in [2.05, 4.69) is 22.0 Å². The van der Waals surface area contributed by atoms with Gasteiger partial charge in [-0.1, -0.05) is 35.5 Å². The number of thiophene rings is 1. The van der Waals surface area contributed by atoms with Gasteiger partial charge in [-0.05, 0) is 78.2 Å². The summed E-state index contributed by atoms with van der Waals surface area (Å²) in [6, 6.07) is 18.6. The molecule has 3 N–H and O–H groups in total. The van der Waals surface area contributed by atoms with Gasteiger partial charge < -0.3 is 16.0 Å². The molecule has 0 saturated carbocycles. The monoisotopic (exact) mass is 534 g/mol. The molecule has 3 aromatic rings. The number of amides is 2. The first-order valence-corrected chi connectivity index (χ1v) is 13.4. The first-order valence-electron chi connectivity index (χ1n) is 11.1. The number of anilines is 2. The Balaban J connectivity index is 1.57. The number of nitriles is 1. The standard InChI is InChI=1S/C27H23ClN4O2S2/c1-16-4-3-5-21(12-16)31-23(33)15-36-27-22(13-29)25(18-10-11-35-14-18)24(17(2)30-27)26(34)32-20-8-6-19(28)7-9-20/h3-12,14,25,30H,15H2,1-2H3,(H,31,33)(H,32,34). The Morgan fingerprint density at radius 3 is 2.56 bits per heavy atom. The van der Waals surface area contributed by atoms with Gasteiger partial charge in [0.15, 0.2) is 0 Å². The molecule has 1 atom stereocenters. The molecule has 182 valence electrons. The Morgan fingerprint density at radius 2 is 1.89 bits per heavy atom. The van der Waals surface area contributed by atoms with Crippen LogP contribution in [0.15, 0.2) is 87.2 Å². The lowest BCUT2D eigenvalue weighted by Gasteiger charge is -2.29. The van der Waals surface area contributed by atoms with Crippen LogP contribution < -0.4 is 16.0 Å². The quantitative estimate of drug-likeness (QED) is 0.325. The molecule has 0 bridgehead atoms. The van der Waals surface area contributed by atoms with E-state index in [9.17, 15) is 14.9 Å². The highest BCUT2D eigenvalue weighted by molar-refractivity contribution is 8.03. The van der Waals surface area contributed by atoms with Crippen LogP contribution in [0.1, 0.15) is 24.0 Å². The third-order valence-electron chi connectivity index (χ3n) is 5.52. The van der Waals surface area contributed by atoms with Gasteiger partial charge in [0.2, 0.25) is 5.91 Å². The highest BCUT2D eigenvalue weighted by Crippen LogP contribution is 2.41. The van der Waals surface area contributed by atoms with Crippen molar-refractivity contribution >= 4 is 57.9 Å². The Bertz CT molecular complexity index is 1390. The third-order valence-corrected chi connectivity index (χ3v) is 7.49. The summed E-state index contributed by atoms with van der Waals surface area (Å²) in [4.78, 5) is 26.0. The van der Waals surface area contributed by atoms with Crippen LogP contribution in [0.5, 0.6) is 0 Å². The maximum absolute atomic E-state index is 13.4. The Morgan fingerprint density at radius 1 is 1.11 bits per heavy atom. The lowest BCUT2D eigenvalue weighted by molar-refractivity contribution is -0.114. The van der Waals surface area contributed by atoms with Crippen LogP contribution >= 0.6 is 34.7 Å². The number of dihydropyridines is 1. The molecule has 0 aliphatic carbocycles. The highest BCUT2D eigenvalue weighted by Gasteiger charge is 2.35. The summed E-state index contributed by atoms with van der Waals surface area (Å²) in [5.41, 5.74) is 4.69. The summed E-state index contributed by atoms with van der Waals surface area (Å²) < 4.78 is 0. The maximum Gasteiger partial charge on any atom is 0.254 e. The molecular formula is C27H23ClN4O2S2. The normalized spacial score (nSPS) is 15.2. The summed E-state index contributed by atoms with van der Waals surface area (Å²) in [7, 11) is 0. The van der Waals surface area contributed by atoms with Crippen molar-refractivity contribution in [1.82, 2.24) is 5.32 Å². The third kappa shape index (κ3) is 6.00. The summed E-state index contributed by atoms with van der Waals surface area (Å²) in [5, 5.41) is 24.1. The predicted octanol–water partition coefficient (Wildman–Crippen LogP) is 6.42. The number of hydrogen-bond acceptors (Lipinski definition) is 6. The fourth-order valence-electron chi connectivity index (χ4n) is 3.89. The van der Waals surface area contributed by atoms with Crippen molar-refractivity contribution in [2.45, 2.75) is 19.8 Å². The fourth-order valence-corrected chi connectivity index (χ4v) is 5.59. The number of nitrogens with one attached hydrogen (secondary N) is 3. The molecule has 1 aliphatic heterocycles. The van der Waals surface area contributed by atoms with Gasteiger partial charge in [-0.3, -0.25) is 9.59 Å².